The molecule has 0 unspecified atom stereocenters. The molecule has 0 aromatic heterocycles. The smallest absolute Gasteiger partial charge is 0.335 e. The van der Waals surface area contributed by atoms with Gasteiger partial charge in [-0.3, -0.25) is 14.9 Å². The minimum Gasteiger partial charge on any atom is -0.493 e. The summed E-state index contributed by atoms with van der Waals surface area (Å²) >= 11 is 3.46. The van der Waals surface area contributed by atoms with Crippen LogP contribution < -0.4 is 19.7 Å². The number of amides is 4. The van der Waals surface area contributed by atoms with Crippen LogP contribution in [-0.2, 0) is 22.6 Å². The number of rotatable bonds is 7. The molecule has 1 fully saturated rings. The number of aryl methyl sites for hydroxylation is 1. The van der Waals surface area contributed by atoms with E-state index < -0.39 is 17.8 Å². The van der Waals surface area contributed by atoms with Crippen molar-refractivity contribution >= 4 is 45.5 Å². The lowest BCUT2D eigenvalue weighted by Gasteiger charge is -2.26. The molecule has 1 aliphatic rings. The predicted octanol–water partition coefficient (Wildman–Crippen LogP) is 5.14. The second-order valence-corrected chi connectivity index (χ2v) is 8.91. The van der Waals surface area contributed by atoms with Crippen LogP contribution in [0.1, 0.15) is 29.2 Å². The highest BCUT2D eigenvalue weighted by atomic mass is 79.9. The lowest BCUT2D eigenvalue weighted by atomic mass is 10.1. The van der Waals surface area contributed by atoms with E-state index in [9.17, 15) is 19.6 Å². The molecule has 0 bridgehead atoms. The van der Waals surface area contributed by atoms with Crippen molar-refractivity contribution in [1.82, 2.24) is 5.32 Å². The van der Waals surface area contributed by atoms with E-state index in [0.29, 0.717) is 32.8 Å². The van der Waals surface area contributed by atoms with Crippen LogP contribution in [0.4, 0.5) is 10.5 Å². The SMILES string of the molecule is CCc1ccc(N2C(=O)NC(=O)/C(=C/c3cc(OC)c(OCc4ccccc4C#N)cc3Br)C2=O)cc1. The first-order valence-electron chi connectivity index (χ1n) is 11.3. The van der Waals surface area contributed by atoms with Gasteiger partial charge < -0.3 is 9.47 Å². The second kappa shape index (κ2) is 11.1. The summed E-state index contributed by atoms with van der Waals surface area (Å²) in [4.78, 5) is 39.3. The molecule has 1 saturated heterocycles. The van der Waals surface area contributed by atoms with Crippen molar-refractivity contribution in [2.45, 2.75) is 20.0 Å². The van der Waals surface area contributed by atoms with E-state index in [1.165, 1.54) is 13.2 Å². The van der Waals surface area contributed by atoms with Crippen molar-refractivity contribution in [2.75, 3.05) is 12.0 Å². The molecule has 3 aromatic rings. The summed E-state index contributed by atoms with van der Waals surface area (Å²) in [5.41, 5.74) is 2.89. The zero-order chi connectivity index (χ0) is 26.5. The summed E-state index contributed by atoms with van der Waals surface area (Å²) in [7, 11) is 1.47. The summed E-state index contributed by atoms with van der Waals surface area (Å²) in [5.74, 6) is -0.777. The average molecular weight is 560 g/mol. The number of nitrogens with zero attached hydrogens (tertiary/aromatic N) is 2. The first-order chi connectivity index (χ1) is 17.9. The summed E-state index contributed by atoms with van der Waals surface area (Å²) in [5, 5.41) is 11.5. The Balaban J connectivity index is 1.64. The number of anilines is 1. The highest BCUT2D eigenvalue weighted by Gasteiger charge is 2.37. The first-order valence-corrected chi connectivity index (χ1v) is 12.1. The number of benzene rings is 3. The number of imide groups is 2. The van der Waals surface area contributed by atoms with E-state index in [-0.39, 0.29) is 12.2 Å². The molecular weight excluding hydrogens is 538 g/mol. The van der Waals surface area contributed by atoms with Crippen LogP contribution in [0.2, 0.25) is 0 Å². The normalized spacial score (nSPS) is 14.4. The van der Waals surface area contributed by atoms with Crippen LogP contribution in [0.25, 0.3) is 6.08 Å². The molecule has 37 heavy (non-hydrogen) atoms. The van der Waals surface area contributed by atoms with Crippen molar-refractivity contribution in [2.24, 2.45) is 0 Å². The fourth-order valence-electron chi connectivity index (χ4n) is 3.77. The molecule has 0 atom stereocenters. The summed E-state index contributed by atoms with van der Waals surface area (Å²) < 4.78 is 11.9. The van der Waals surface area contributed by atoms with E-state index in [2.05, 4.69) is 27.3 Å². The minimum atomic E-state index is -0.811. The van der Waals surface area contributed by atoms with Crippen molar-refractivity contribution in [3.8, 4) is 17.6 Å². The summed E-state index contributed by atoms with van der Waals surface area (Å²) in [6.07, 6.45) is 2.20. The number of hydrogen-bond donors (Lipinski definition) is 1. The molecule has 1 aliphatic heterocycles. The Hall–Kier alpha value is -4.42. The topological polar surface area (TPSA) is 109 Å². The van der Waals surface area contributed by atoms with Crippen LogP contribution in [-0.4, -0.2) is 25.0 Å². The van der Waals surface area contributed by atoms with E-state index in [1.54, 1.807) is 42.5 Å². The Kier molecular flexibility index (Phi) is 7.70. The fourth-order valence-corrected chi connectivity index (χ4v) is 4.21. The lowest BCUT2D eigenvalue weighted by Crippen LogP contribution is -2.54. The van der Waals surface area contributed by atoms with Crippen molar-refractivity contribution in [1.29, 1.82) is 5.26 Å². The number of carbonyl (C=O) groups is 3. The van der Waals surface area contributed by atoms with Gasteiger partial charge in [0, 0.05) is 10.0 Å². The highest BCUT2D eigenvalue weighted by Crippen LogP contribution is 2.36. The van der Waals surface area contributed by atoms with Gasteiger partial charge in [-0.2, -0.15) is 5.26 Å². The van der Waals surface area contributed by atoms with E-state index in [1.807, 2.05) is 25.1 Å². The molecule has 9 heteroatoms. The van der Waals surface area contributed by atoms with Gasteiger partial charge in [-0.15, -0.1) is 0 Å². The maximum atomic E-state index is 13.2. The van der Waals surface area contributed by atoms with E-state index in [4.69, 9.17) is 9.47 Å². The maximum Gasteiger partial charge on any atom is 0.335 e. The van der Waals surface area contributed by atoms with E-state index >= 15 is 0 Å². The molecule has 0 aliphatic carbocycles. The fraction of sp³-hybridized carbons (Fsp3) is 0.143. The van der Waals surface area contributed by atoms with Crippen LogP contribution in [0.3, 0.4) is 0 Å². The first kappa shape index (κ1) is 25.7. The monoisotopic (exact) mass is 559 g/mol. The number of barbiturate groups is 1. The highest BCUT2D eigenvalue weighted by molar-refractivity contribution is 9.10. The number of ether oxygens (including phenoxy) is 2. The van der Waals surface area contributed by atoms with Crippen LogP contribution in [0.15, 0.2) is 70.7 Å². The summed E-state index contributed by atoms with van der Waals surface area (Å²) in [6.45, 7) is 2.14. The van der Waals surface area contributed by atoms with Gasteiger partial charge >= 0.3 is 6.03 Å². The van der Waals surface area contributed by atoms with Gasteiger partial charge in [-0.25, -0.2) is 9.69 Å². The quantitative estimate of drug-likeness (QED) is 0.317. The third-order valence-corrected chi connectivity index (χ3v) is 6.50. The zero-order valence-corrected chi connectivity index (χ0v) is 21.7. The van der Waals surface area contributed by atoms with Gasteiger partial charge in [0.25, 0.3) is 11.8 Å². The molecule has 3 aromatic carbocycles. The molecule has 186 valence electrons. The number of halogens is 1. The standard InChI is InChI=1S/C28H22BrN3O5/c1-3-17-8-10-21(11-9-17)32-27(34)22(26(33)31-28(32)35)12-20-13-24(36-2)25(14-23(20)29)37-16-19-7-5-4-6-18(19)15-30/h4-14H,3,16H2,1-2H3,(H,31,33,35)/b22-12-. The van der Waals surface area contributed by atoms with Crippen LogP contribution >= 0.6 is 15.9 Å². The minimum absolute atomic E-state index is 0.141. The number of urea groups is 1. The Labute approximate surface area is 222 Å². The lowest BCUT2D eigenvalue weighted by molar-refractivity contribution is -0.122. The zero-order valence-electron chi connectivity index (χ0n) is 20.1. The number of nitriles is 1. The number of carbonyl (C=O) groups excluding carboxylic acids is 3. The van der Waals surface area contributed by atoms with Gasteiger partial charge in [0.1, 0.15) is 12.2 Å². The number of hydrogen-bond acceptors (Lipinski definition) is 6. The Morgan fingerprint density at radius 2 is 1.78 bits per heavy atom. The Morgan fingerprint density at radius 3 is 2.46 bits per heavy atom. The third kappa shape index (κ3) is 5.39. The molecule has 4 amide bonds. The molecule has 0 spiro atoms. The van der Waals surface area contributed by atoms with Gasteiger partial charge in [0.05, 0.1) is 24.4 Å². The largest absolute Gasteiger partial charge is 0.493 e. The predicted molar refractivity (Wildman–Crippen MR) is 141 cm³/mol. The maximum absolute atomic E-state index is 13.2. The molecule has 1 N–H and O–H groups in total. The van der Waals surface area contributed by atoms with Crippen molar-refractivity contribution in [3.63, 3.8) is 0 Å². The molecular formula is C28H22BrN3O5. The van der Waals surface area contributed by atoms with Crippen LogP contribution in [0, 0.1) is 11.3 Å². The number of methoxy groups -OCH3 is 1. The van der Waals surface area contributed by atoms with Crippen molar-refractivity contribution < 1.29 is 23.9 Å². The molecule has 4 rings (SSSR count). The number of nitrogens with one attached hydrogen (secondary N) is 1. The van der Waals surface area contributed by atoms with Gasteiger partial charge in [-0.05, 0) is 54.0 Å². The molecule has 0 radical (unpaired) electrons. The summed E-state index contributed by atoms with van der Waals surface area (Å²) in [6, 6.07) is 18.7. The molecule has 0 saturated carbocycles. The Bertz CT molecular complexity index is 1460. The molecule has 8 nitrogen and oxygen atoms in total. The van der Waals surface area contributed by atoms with Crippen molar-refractivity contribution in [3.05, 3.63) is 93.0 Å². The Morgan fingerprint density at radius 1 is 1.05 bits per heavy atom. The average Bonchev–Trinajstić information content (AvgIpc) is 2.91. The van der Waals surface area contributed by atoms with Gasteiger partial charge in [0.2, 0.25) is 0 Å². The third-order valence-electron chi connectivity index (χ3n) is 5.81. The van der Waals surface area contributed by atoms with Gasteiger partial charge in [0.15, 0.2) is 11.5 Å². The molecule has 1 heterocycles. The van der Waals surface area contributed by atoms with E-state index in [0.717, 1.165) is 22.4 Å². The van der Waals surface area contributed by atoms with Crippen LogP contribution in [0.5, 0.6) is 11.5 Å². The van der Waals surface area contributed by atoms with Gasteiger partial charge in [-0.1, -0.05) is 53.2 Å². The second-order valence-electron chi connectivity index (χ2n) is 8.06.